The minimum absolute atomic E-state index is 0.0747. The van der Waals surface area contributed by atoms with Gasteiger partial charge in [-0.2, -0.15) is 0 Å². The normalized spacial score (nSPS) is 15.5. The first-order valence-electron chi connectivity index (χ1n) is 9.63. The Kier molecular flexibility index (Phi) is 7.04. The lowest BCUT2D eigenvalue weighted by atomic mass is 10.0. The molecule has 9 heteroatoms. The van der Waals surface area contributed by atoms with E-state index in [1.807, 2.05) is 24.3 Å². The molecule has 1 aliphatic rings. The van der Waals surface area contributed by atoms with Crippen molar-refractivity contribution in [2.24, 2.45) is 0 Å². The molecule has 0 bridgehead atoms. The van der Waals surface area contributed by atoms with Crippen LogP contribution >= 0.6 is 0 Å². The van der Waals surface area contributed by atoms with Crippen LogP contribution in [-0.4, -0.2) is 44.0 Å². The van der Waals surface area contributed by atoms with Gasteiger partial charge in [0.15, 0.2) is 0 Å². The first-order chi connectivity index (χ1) is 14.4. The topological polar surface area (TPSA) is 62.8 Å². The molecule has 2 amide bonds. The third kappa shape index (κ3) is 6.03. The largest absolute Gasteiger partial charge is 0.573 e. The van der Waals surface area contributed by atoms with E-state index in [2.05, 4.69) is 20.3 Å². The van der Waals surface area contributed by atoms with Crippen LogP contribution in [0.2, 0.25) is 0 Å². The van der Waals surface area contributed by atoms with Crippen LogP contribution in [0.5, 0.6) is 11.5 Å². The van der Waals surface area contributed by atoms with Gasteiger partial charge in [0.1, 0.15) is 11.5 Å². The number of urea groups is 1. The van der Waals surface area contributed by atoms with Gasteiger partial charge in [-0.15, -0.1) is 13.2 Å². The number of rotatable bonds is 7. The molecule has 0 spiro atoms. The zero-order valence-electron chi connectivity index (χ0n) is 16.5. The second-order valence-corrected chi connectivity index (χ2v) is 6.91. The number of nitrogens with zero attached hydrogens (tertiary/aromatic N) is 1. The third-order valence-corrected chi connectivity index (χ3v) is 4.86. The summed E-state index contributed by atoms with van der Waals surface area (Å²) < 4.78 is 46.5. The minimum atomic E-state index is -4.79. The van der Waals surface area contributed by atoms with E-state index >= 15 is 0 Å². The van der Waals surface area contributed by atoms with Gasteiger partial charge in [0.05, 0.1) is 13.2 Å². The molecule has 3 rings (SSSR count). The van der Waals surface area contributed by atoms with Crippen LogP contribution in [-0.2, 0) is 0 Å². The fourth-order valence-corrected chi connectivity index (χ4v) is 3.57. The average Bonchev–Trinajstić information content (AvgIpc) is 3.22. The van der Waals surface area contributed by atoms with Crippen molar-refractivity contribution < 1.29 is 27.4 Å². The number of methoxy groups -OCH3 is 1. The Morgan fingerprint density at radius 2 is 1.87 bits per heavy atom. The van der Waals surface area contributed by atoms with E-state index in [1.165, 1.54) is 18.2 Å². The van der Waals surface area contributed by atoms with E-state index < -0.39 is 18.1 Å². The van der Waals surface area contributed by atoms with Crippen molar-refractivity contribution in [3.05, 3.63) is 54.1 Å². The number of carbonyl (C=O) groups excluding carboxylic acids is 1. The van der Waals surface area contributed by atoms with Gasteiger partial charge in [-0.25, -0.2) is 4.79 Å². The van der Waals surface area contributed by atoms with Crippen molar-refractivity contribution in [1.82, 2.24) is 10.2 Å². The summed E-state index contributed by atoms with van der Waals surface area (Å²) in [6.07, 6.45) is -2.62. The Bertz CT molecular complexity index is 855. The number of anilines is 1. The van der Waals surface area contributed by atoms with E-state index in [-0.39, 0.29) is 11.7 Å². The molecule has 0 saturated carbocycles. The number of alkyl halides is 3. The second-order valence-electron chi connectivity index (χ2n) is 6.91. The fraction of sp³-hybridized carbons (Fsp3) is 0.381. The number of hydrogen-bond acceptors (Lipinski definition) is 4. The van der Waals surface area contributed by atoms with Gasteiger partial charge in [0, 0.05) is 23.9 Å². The van der Waals surface area contributed by atoms with Gasteiger partial charge in [0.2, 0.25) is 0 Å². The molecule has 0 aromatic heterocycles. The summed E-state index contributed by atoms with van der Waals surface area (Å²) in [5.41, 5.74) is 1.17. The lowest BCUT2D eigenvalue weighted by molar-refractivity contribution is -0.274. The van der Waals surface area contributed by atoms with Gasteiger partial charge in [-0.3, -0.25) is 4.90 Å². The fourth-order valence-electron chi connectivity index (χ4n) is 3.57. The Hall–Kier alpha value is -2.94. The highest BCUT2D eigenvalue weighted by Crippen LogP contribution is 2.31. The summed E-state index contributed by atoms with van der Waals surface area (Å²) >= 11 is 0. The molecule has 0 aliphatic carbocycles. The Balaban J connectivity index is 1.66. The second kappa shape index (κ2) is 9.71. The number of benzene rings is 2. The van der Waals surface area contributed by atoms with Crippen molar-refractivity contribution in [3.63, 3.8) is 0 Å². The smallest absolute Gasteiger partial charge is 0.496 e. The highest BCUT2D eigenvalue weighted by Gasteiger charge is 2.31. The lowest BCUT2D eigenvalue weighted by Crippen LogP contribution is -2.38. The average molecular weight is 423 g/mol. The first kappa shape index (κ1) is 21.8. The van der Waals surface area contributed by atoms with Crippen molar-refractivity contribution in [2.45, 2.75) is 25.2 Å². The highest BCUT2D eigenvalue weighted by atomic mass is 19.4. The zero-order valence-corrected chi connectivity index (χ0v) is 16.5. The van der Waals surface area contributed by atoms with Crippen LogP contribution < -0.4 is 20.1 Å². The molecule has 2 N–H and O–H groups in total. The monoisotopic (exact) mass is 423 g/mol. The predicted octanol–water partition coefficient (Wildman–Crippen LogP) is 4.55. The van der Waals surface area contributed by atoms with Gasteiger partial charge in [-0.1, -0.05) is 24.3 Å². The maximum atomic E-state index is 12.4. The van der Waals surface area contributed by atoms with Crippen molar-refractivity contribution in [3.8, 4) is 11.5 Å². The Morgan fingerprint density at radius 3 is 2.57 bits per heavy atom. The molecule has 162 valence electrons. The van der Waals surface area contributed by atoms with Crippen molar-refractivity contribution in [2.75, 3.05) is 32.1 Å². The van der Waals surface area contributed by atoms with Crippen LogP contribution in [0.3, 0.4) is 0 Å². The highest BCUT2D eigenvalue weighted by molar-refractivity contribution is 5.89. The van der Waals surface area contributed by atoms with Crippen LogP contribution in [0.25, 0.3) is 0 Å². The minimum Gasteiger partial charge on any atom is -0.496 e. The van der Waals surface area contributed by atoms with Crippen molar-refractivity contribution >= 4 is 11.7 Å². The molecule has 2 aromatic carbocycles. The molecule has 30 heavy (non-hydrogen) atoms. The maximum absolute atomic E-state index is 12.4. The molecule has 6 nitrogen and oxygen atoms in total. The van der Waals surface area contributed by atoms with Gasteiger partial charge >= 0.3 is 12.4 Å². The first-order valence-corrected chi connectivity index (χ1v) is 9.63. The summed E-state index contributed by atoms with van der Waals surface area (Å²) in [5.74, 6) is 0.345. The summed E-state index contributed by atoms with van der Waals surface area (Å²) in [6, 6.07) is 12.2. The molecule has 1 saturated heterocycles. The summed E-state index contributed by atoms with van der Waals surface area (Å²) in [4.78, 5) is 14.7. The Morgan fingerprint density at radius 1 is 1.13 bits per heavy atom. The number of halogens is 3. The molecular formula is C21H24F3N3O3. The van der Waals surface area contributed by atoms with E-state index in [9.17, 15) is 18.0 Å². The third-order valence-electron chi connectivity index (χ3n) is 4.86. The van der Waals surface area contributed by atoms with Gasteiger partial charge < -0.3 is 20.1 Å². The predicted molar refractivity (Wildman–Crippen MR) is 107 cm³/mol. The Labute approximate surface area is 173 Å². The lowest BCUT2D eigenvalue weighted by Gasteiger charge is -2.29. The maximum Gasteiger partial charge on any atom is 0.573 e. The number of nitrogens with one attached hydrogen (secondary N) is 2. The van der Waals surface area contributed by atoms with Crippen LogP contribution in [0, 0.1) is 0 Å². The number of amides is 2. The molecule has 1 fully saturated rings. The van der Waals surface area contributed by atoms with Crippen molar-refractivity contribution in [1.29, 1.82) is 0 Å². The van der Waals surface area contributed by atoms with E-state index in [4.69, 9.17) is 4.74 Å². The van der Waals surface area contributed by atoms with Gasteiger partial charge in [0.25, 0.3) is 0 Å². The SMILES string of the molecule is COc1ccccc1C(CNC(=O)Nc1cccc(OC(F)(F)F)c1)N1CCCC1. The molecule has 2 aromatic rings. The zero-order chi connectivity index (χ0) is 21.6. The van der Waals surface area contributed by atoms with E-state index in [0.29, 0.717) is 6.54 Å². The molecule has 0 radical (unpaired) electrons. The van der Waals surface area contributed by atoms with Gasteiger partial charge in [-0.05, 0) is 44.1 Å². The van der Waals surface area contributed by atoms with E-state index in [0.717, 1.165) is 43.3 Å². The quantitative estimate of drug-likeness (QED) is 0.686. The van der Waals surface area contributed by atoms with E-state index in [1.54, 1.807) is 7.11 Å². The molecule has 1 atom stereocenters. The number of carbonyl (C=O) groups is 1. The van der Waals surface area contributed by atoms with Crippen LogP contribution in [0.15, 0.2) is 48.5 Å². The number of hydrogen-bond donors (Lipinski definition) is 2. The van der Waals surface area contributed by atoms with Crippen LogP contribution in [0.1, 0.15) is 24.4 Å². The number of ether oxygens (including phenoxy) is 2. The molecule has 1 unspecified atom stereocenters. The van der Waals surface area contributed by atoms with Crippen LogP contribution in [0.4, 0.5) is 23.7 Å². The molecule has 1 heterocycles. The number of likely N-dealkylation sites (tertiary alicyclic amines) is 1. The summed E-state index contributed by atoms with van der Waals surface area (Å²) in [6.45, 7) is 2.16. The number of para-hydroxylation sites is 1. The summed E-state index contributed by atoms with van der Waals surface area (Å²) in [5, 5.41) is 5.36. The summed E-state index contributed by atoms with van der Waals surface area (Å²) in [7, 11) is 1.61. The molecule has 1 aliphatic heterocycles. The molecular weight excluding hydrogens is 399 g/mol. The standard InChI is InChI=1S/C21H24F3N3O3/c1-29-19-10-3-2-9-17(19)18(27-11-4-5-12-27)14-25-20(28)26-15-7-6-8-16(13-15)30-21(22,23)24/h2-3,6-10,13,18H,4-5,11-12,14H2,1H3,(H2,25,26,28).